The van der Waals surface area contributed by atoms with Crippen molar-refractivity contribution in [2.24, 2.45) is 0 Å². The van der Waals surface area contributed by atoms with Crippen LogP contribution in [0.15, 0.2) is 388 Å². The minimum atomic E-state index is 1.22. The van der Waals surface area contributed by atoms with Crippen LogP contribution in [0.2, 0.25) is 0 Å². The fourth-order valence-electron chi connectivity index (χ4n) is 16.9. The quantitative estimate of drug-likeness (QED) is 0.110. The molecule has 21 aromatic carbocycles. The largest absolute Gasteiger partial charge is 0.0616 e. The van der Waals surface area contributed by atoms with Crippen molar-refractivity contribution >= 4 is 129 Å². The van der Waals surface area contributed by atoms with Gasteiger partial charge in [0.05, 0.1) is 0 Å². The van der Waals surface area contributed by atoms with Gasteiger partial charge in [-0.25, -0.2) is 0 Å². The van der Waals surface area contributed by atoms with Crippen molar-refractivity contribution in [3.8, 4) is 77.9 Å². The smallest absolute Gasteiger partial charge is 0.00201 e. The molecule has 0 amide bonds. The van der Waals surface area contributed by atoms with Crippen molar-refractivity contribution in [2.75, 3.05) is 0 Å². The first-order valence-corrected chi connectivity index (χ1v) is 35.4. The Kier molecular flexibility index (Phi) is 14.0. The van der Waals surface area contributed by atoms with Crippen LogP contribution in [0.3, 0.4) is 0 Å². The summed E-state index contributed by atoms with van der Waals surface area (Å²) in [5, 5.41) is 30.4. The van der Waals surface area contributed by atoms with Gasteiger partial charge in [0.25, 0.3) is 0 Å². The first-order chi connectivity index (χ1) is 50.6. The number of rotatable bonds is 7. The van der Waals surface area contributed by atoms with Gasteiger partial charge in [0.2, 0.25) is 0 Å². The third kappa shape index (κ3) is 9.90. The zero-order valence-electron chi connectivity index (χ0n) is 56.0. The van der Waals surface area contributed by atoms with E-state index in [9.17, 15) is 0 Å². The molecule has 0 spiro atoms. The lowest BCUT2D eigenvalue weighted by molar-refractivity contribution is 1.65. The molecule has 0 nitrogen and oxygen atoms in total. The van der Waals surface area contributed by atoms with Gasteiger partial charge in [-0.3, -0.25) is 0 Å². The maximum absolute atomic E-state index is 2.40. The topological polar surface area (TPSA) is 0 Å². The second kappa shape index (κ2) is 24.3. The van der Waals surface area contributed by atoms with E-state index in [4.69, 9.17) is 0 Å². The number of benzene rings is 21. The van der Waals surface area contributed by atoms with E-state index < -0.39 is 0 Å². The summed E-state index contributed by atoms with van der Waals surface area (Å²) in [5.74, 6) is 0. The Labute approximate surface area is 591 Å². The van der Waals surface area contributed by atoms with Crippen LogP contribution >= 0.6 is 0 Å². The molecule has 0 unspecified atom stereocenters. The van der Waals surface area contributed by atoms with Gasteiger partial charge in [-0.1, -0.05) is 346 Å². The summed E-state index contributed by atoms with van der Waals surface area (Å²) < 4.78 is 0. The summed E-state index contributed by atoms with van der Waals surface area (Å²) in [6.45, 7) is 0. The number of fused-ring (bicyclic) bond motifs is 13. The van der Waals surface area contributed by atoms with Crippen molar-refractivity contribution < 1.29 is 0 Å². The fraction of sp³-hybridized carbons (Fsp3) is 0. The van der Waals surface area contributed by atoms with Crippen LogP contribution in [-0.2, 0) is 0 Å². The third-order valence-corrected chi connectivity index (χ3v) is 21.6. The van der Waals surface area contributed by atoms with Crippen molar-refractivity contribution in [1.29, 1.82) is 0 Å². The van der Waals surface area contributed by atoms with E-state index in [1.54, 1.807) is 0 Å². The summed E-state index contributed by atoms with van der Waals surface area (Å²) in [6, 6.07) is 143. The van der Waals surface area contributed by atoms with E-state index in [1.807, 2.05) is 0 Å². The van der Waals surface area contributed by atoms with Crippen LogP contribution in [0, 0.1) is 0 Å². The average Bonchev–Trinajstić information content (AvgIpc) is 0.734. The second-order valence-electron chi connectivity index (χ2n) is 27.3. The molecule has 0 aliphatic heterocycles. The lowest BCUT2D eigenvalue weighted by Crippen LogP contribution is -1.91. The van der Waals surface area contributed by atoms with Crippen molar-refractivity contribution in [3.63, 3.8) is 0 Å². The summed E-state index contributed by atoms with van der Waals surface area (Å²) in [7, 11) is 0. The average molecular weight is 1290 g/mol. The molecule has 0 radical (unpaired) electrons. The first-order valence-electron chi connectivity index (χ1n) is 35.4. The molecule has 0 fully saturated rings. The third-order valence-electron chi connectivity index (χ3n) is 21.6. The van der Waals surface area contributed by atoms with Crippen molar-refractivity contribution in [1.82, 2.24) is 0 Å². The van der Waals surface area contributed by atoms with Crippen LogP contribution in [0.4, 0.5) is 0 Å². The number of hydrogen-bond donors (Lipinski definition) is 0. The summed E-state index contributed by atoms with van der Waals surface area (Å²) in [6.07, 6.45) is 0. The maximum atomic E-state index is 2.40. The van der Waals surface area contributed by atoms with E-state index in [0.717, 1.165) is 0 Å². The van der Waals surface area contributed by atoms with Crippen LogP contribution in [0.1, 0.15) is 0 Å². The van der Waals surface area contributed by atoms with Gasteiger partial charge in [-0.15, -0.1) is 0 Å². The predicted octanol–water partition coefficient (Wildman–Crippen LogP) is 28.9. The highest BCUT2D eigenvalue weighted by Gasteiger charge is 2.21. The molecule has 0 aliphatic rings. The molecule has 0 heterocycles. The van der Waals surface area contributed by atoms with Crippen LogP contribution in [-0.4, -0.2) is 0 Å². The van der Waals surface area contributed by atoms with E-state index in [0.29, 0.717) is 0 Å². The molecule has 472 valence electrons. The lowest BCUT2D eigenvalue weighted by atomic mass is 9.84. The highest BCUT2D eigenvalue weighted by atomic mass is 14.2. The van der Waals surface area contributed by atoms with Gasteiger partial charge in [-0.05, 0) is 250 Å². The van der Waals surface area contributed by atoms with Crippen LogP contribution in [0.5, 0.6) is 0 Å². The molecule has 0 bridgehead atoms. The van der Waals surface area contributed by atoms with Gasteiger partial charge in [0.1, 0.15) is 0 Å². The molecule has 21 rings (SSSR count). The van der Waals surface area contributed by atoms with E-state index in [-0.39, 0.29) is 0 Å². The van der Waals surface area contributed by atoms with Gasteiger partial charge in [0.15, 0.2) is 0 Å². The maximum Gasteiger partial charge on any atom is -0.00201 e. The molecule has 0 saturated carbocycles. The molecule has 0 aliphatic carbocycles. The SMILES string of the molecule is c1ccc2c(-c3c4ccccc4c(-c4ccc5ccc(-c6cc7ccccc7c7ccccc67)cc5c4)c4ccccc34)cccc2c1.c1ccc2c(-c3ccc4cc(-c5ccc6ccc(-c7c8ccccc8c(-c8cccc9ccccc89)c8ccccc78)cc6c5)ccc4c3)cccc2c1. The monoisotopic (exact) mass is 1290 g/mol. The Morgan fingerprint density at radius 1 is 0.0980 bits per heavy atom. The second-order valence-corrected chi connectivity index (χ2v) is 27.3. The highest BCUT2D eigenvalue weighted by Crippen LogP contribution is 2.49. The Bertz CT molecular complexity index is 6880. The molecule has 0 atom stereocenters. The zero-order chi connectivity index (χ0) is 67.2. The summed E-state index contributed by atoms with van der Waals surface area (Å²) in [4.78, 5) is 0. The molecule has 0 heteroatoms. The lowest BCUT2D eigenvalue weighted by Gasteiger charge is -2.19. The predicted molar refractivity (Wildman–Crippen MR) is 441 cm³/mol. The van der Waals surface area contributed by atoms with Crippen molar-refractivity contribution in [2.45, 2.75) is 0 Å². The van der Waals surface area contributed by atoms with E-state index >= 15 is 0 Å². The van der Waals surface area contributed by atoms with Gasteiger partial charge in [-0.2, -0.15) is 0 Å². The van der Waals surface area contributed by atoms with Gasteiger partial charge in [0, 0.05) is 0 Å². The standard InChI is InChI=1S/C54H34.C48H30/c1-3-15-45-36(11-1)13-9-21-47(45)42-29-28-39-31-38(26-27-40(39)32-42)41-25-23-35-24-30-43(34-44(35)33-41)53-49-17-5-7-19-51(49)54(52-20-8-6-18-50(52)53)48-22-10-14-37-12-2-4-16-46(37)48;1-3-15-37-32(12-1)14-11-23-41(37)48-44-21-9-7-19-42(44)47(43-20-8-10-22-45(43)48)35-27-25-31-24-26-34(28-36(31)29-35)46-30-33-13-2-4-16-38(33)39-17-5-6-18-40(39)46/h1-34H;1-30H. The number of hydrogen-bond acceptors (Lipinski definition) is 0. The van der Waals surface area contributed by atoms with Gasteiger partial charge >= 0.3 is 0 Å². The van der Waals surface area contributed by atoms with Gasteiger partial charge < -0.3 is 0 Å². The Morgan fingerprint density at radius 3 is 0.804 bits per heavy atom. The van der Waals surface area contributed by atoms with E-state index in [2.05, 4.69) is 388 Å². The zero-order valence-corrected chi connectivity index (χ0v) is 56.0. The Hall–Kier alpha value is -13.3. The minimum absolute atomic E-state index is 1.22. The molecule has 0 N–H and O–H groups in total. The molecular weight excluding hydrogens is 1230 g/mol. The Morgan fingerprint density at radius 2 is 0.363 bits per heavy atom. The summed E-state index contributed by atoms with van der Waals surface area (Å²) in [5.41, 5.74) is 17.7. The van der Waals surface area contributed by atoms with Crippen molar-refractivity contribution in [3.05, 3.63) is 388 Å². The first kappa shape index (κ1) is 58.9. The fourth-order valence-corrected chi connectivity index (χ4v) is 16.9. The molecule has 0 saturated heterocycles. The van der Waals surface area contributed by atoms with E-state index in [1.165, 1.54) is 207 Å². The molecule has 0 aromatic heterocycles. The normalized spacial score (nSPS) is 11.7. The summed E-state index contributed by atoms with van der Waals surface area (Å²) >= 11 is 0. The molecule has 21 aromatic rings. The molecule has 102 heavy (non-hydrogen) atoms. The minimum Gasteiger partial charge on any atom is -0.0616 e. The van der Waals surface area contributed by atoms with Crippen LogP contribution in [0.25, 0.3) is 207 Å². The Balaban J connectivity index is 0.000000138. The molecular formula is C102H64. The van der Waals surface area contributed by atoms with Crippen LogP contribution < -0.4 is 0 Å². The highest BCUT2D eigenvalue weighted by molar-refractivity contribution is 6.26.